The smallest absolute Gasteiger partial charge is 0.321 e. The summed E-state index contributed by atoms with van der Waals surface area (Å²) in [4.78, 5) is 22.5. The minimum atomic E-state index is -0.453. The highest BCUT2D eigenvalue weighted by molar-refractivity contribution is 5.92. The lowest BCUT2D eigenvalue weighted by atomic mass is 9.93. The molecule has 0 N–H and O–H groups in total. The van der Waals surface area contributed by atoms with Crippen LogP contribution in [-0.4, -0.2) is 18.5 Å². The van der Waals surface area contributed by atoms with Gasteiger partial charge in [0.2, 0.25) is 0 Å². The highest BCUT2D eigenvalue weighted by Crippen LogP contribution is 2.28. The molecule has 0 saturated carbocycles. The number of benzene rings is 1. The van der Waals surface area contributed by atoms with Crippen LogP contribution in [0.5, 0.6) is 5.75 Å². The Labute approximate surface area is 99.5 Å². The highest BCUT2D eigenvalue weighted by Gasteiger charge is 2.30. The van der Waals surface area contributed by atoms with E-state index in [2.05, 4.69) is 4.74 Å². The molecule has 4 heteroatoms. The maximum Gasteiger partial charge on any atom is 0.321 e. The predicted octanol–water partition coefficient (Wildman–Crippen LogP) is 2.03. The number of ether oxygens (including phenoxy) is 2. The minimum absolute atomic E-state index is 0.295. The molecule has 0 radical (unpaired) electrons. The summed E-state index contributed by atoms with van der Waals surface area (Å²) in [6.45, 7) is 2.53. The van der Waals surface area contributed by atoms with Crippen molar-refractivity contribution in [3.63, 3.8) is 0 Å². The van der Waals surface area contributed by atoms with E-state index in [1.54, 1.807) is 0 Å². The summed E-state index contributed by atoms with van der Waals surface area (Å²) in [6.07, 6.45) is 0.815. The molecular weight excluding hydrogens is 220 g/mol. The van der Waals surface area contributed by atoms with Crippen molar-refractivity contribution in [1.82, 2.24) is 0 Å². The molecule has 1 unspecified atom stereocenters. The molecule has 4 nitrogen and oxygen atoms in total. The van der Waals surface area contributed by atoms with Crippen LogP contribution in [0.15, 0.2) is 24.3 Å². The first kappa shape index (κ1) is 11.6. The summed E-state index contributed by atoms with van der Waals surface area (Å²) in [5, 5.41) is 0. The maximum atomic E-state index is 11.5. The Morgan fingerprint density at radius 1 is 1.29 bits per heavy atom. The van der Waals surface area contributed by atoms with Crippen LogP contribution < -0.4 is 4.74 Å². The van der Waals surface area contributed by atoms with Crippen LogP contribution in [-0.2, 0) is 14.3 Å². The third-order valence-electron chi connectivity index (χ3n) is 2.73. The van der Waals surface area contributed by atoms with Crippen molar-refractivity contribution in [3.8, 4) is 5.75 Å². The van der Waals surface area contributed by atoms with Crippen LogP contribution in [0.3, 0.4) is 0 Å². The van der Waals surface area contributed by atoms with Gasteiger partial charge in [-0.1, -0.05) is 12.1 Å². The van der Waals surface area contributed by atoms with Crippen molar-refractivity contribution in [1.29, 1.82) is 0 Å². The molecule has 0 amide bonds. The molecule has 1 aromatic rings. The summed E-state index contributed by atoms with van der Waals surface area (Å²) in [5.41, 5.74) is 0.867. The number of hydrogen-bond donors (Lipinski definition) is 0. The van der Waals surface area contributed by atoms with Crippen LogP contribution in [0.4, 0.5) is 0 Å². The Kier molecular flexibility index (Phi) is 3.42. The molecule has 1 atom stereocenters. The van der Waals surface area contributed by atoms with Crippen LogP contribution in [0.25, 0.3) is 0 Å². The van der Waals surface area contributed by atoms with Gasteiger partial charge in [-0.2, -0.15) is 0 Å². The molecular formula is C13H14O4. The first-order chi connectivity index (χ1) is 8.20. The van der Waals surface area contributed by atoms with Crippen LogP contribution in [0, 0.1) is 0 Å². The zero-order chi connectivity index (χ0) is 12.3. The summed E-state index contributed by atoms with van der Waals surface area (Å²) in [7, 11) is 0. The lowest BCUT2D eigenvalue weighted by molar-refractivity contribution is -0.164. The molecule has 0 spiro atoms. The molecule has 1 aliphatic heterocycles. The predicted molar refractivity (Wildman–Crippen MR) is 60.7 cm³/mol. The Morgan fingerprint density at radius 2 is 2.00 bits per heavy atom. The molecule has 17 heavy (non-hydrogen) atoms. The van der Waals surface area contributed by atoms with Gasteiger partial charge in [0.15, 0.2) is 0 Å². The van der Waals surface area contributed by atoms with Crippen LogP contribution >= 0.6 is 0 Å². The quantitative estimate of drug-likeness (QED) is 0.593. The first-order valence-corrected chi connectivity index (χ1v) is 5.68. The van der Waals surface area contributed by atoms with Crippen LogP contribution in [0.1, 0.15) is 31.2 Å². The van der Waals surface area contributed by atoms with Gasteiger partial charge in [0.25, 0.3) is 0 Å². The van der Waals surface area contributed by atoms with Crippen molar-refractivity contribution in [3.05, 3.63) is 29.8 Å². The van der Waals surface area contributed by atoms with Gasteiger partial charge in [0.05, 0.1) is 12.5 Å². The van der Waals surface area contributed by atoms with Gasteiger partial charge in [-0.25, -0.2) is 0 Å². The molecule has 90 valence electrons. The normalized spacial score (nSPS) is 19.9. The third-order valence-corrected chi connectivity index (χ3v) is 2.73. The number of esters is 2. The third kappa shape index (κ3) is 2.64. The highest BCUT2D eigenvalue weighted by atomic mass is 16.6. The fourth-order valence-corrected chi connectivity index (χ4v) is 1.88. The van der Waals surface area contributed by atoms with E-state index in [4.69, 9.17) is 4.74 Å². The van der Waals surface area contributed by atoms with E-state index in [1.807, 2.05) is 31.2 Å². The average Bonchev–Trinajstić information content (AvgIpc) is 2.31. The van der Waals surface area contributed by atoms with Gasteiger partial charge in [0, 0.05) is 6.42 Å². The van der Waals surface area contributed by atoms with Gasteiger partial charge < -0.3 is 9.47 Å². The molecule has 0 aromatic heterocycles. The second-order valence-electron chi connectivity index (χ2n) is 3.89. The standard InChI is InChI=1S/C13H14O4/c1-2-16-10-5-3-9(4-6-10)11-7-8-12(14)17-13(11)15/h3-6,11H,2,7-8H2,1H3. The van der Waals surface area contributed by atoms with Crippen LogP contribution in [0.2, 0.25) is 0 Å². The van der Waals surface area contributed by atoms with E-state index in [1.165, 1.54) is 0 Å². The summed E-state index contributed by atoms with van der Waals surface area (Å²) in [6, 6.07) is 7.32. The molecule has 2 rings (SSSR count). The number of hydrogen-bond acceptors (Lipinski definition) is 4. The number of carbonyl (C=O) groups excluding carboxylic acids is 2. The Bertz CT molecular complexity index is 422. The molecule has 1 saturated heterocycles. The molecule has 0 aliphatic carbocycles. The largest absolute Gasteiger partial charge is 0.494 e. The van der Waals surface area contributed by atoms with E-state index >= 15 is 0 Å². The van der Waals surface area contributed by atoms with Gasteiger partial charge in [-0.05, 0) is 31.0 Å². The first-order valence-electron chi connectivity index (χ1n) is 5.68. The zero-order valence-electron chi connectivity index (χ0n) is 9.64. The van der Waals surface area contributed by atoms with Crippen molar-refractivity contribution < 1.29 is 19.1 Å². The topological polar surface area (TPSA) is 52.6 Å². The van der Waals surface area contributed by atoms with E-state index in [9.17, 15) is 9.59 Å². The Morgan fingerprint density at radius 3 is 2.59 bits per heavy atom. The van der Waals surface area contributed by atoms with E-state index in [0.717, 1.165) is 11.3 Å². The molecule has 1 aliphatic rings. The number of cyclic esters (lactones) is 2. The Balaban J connectivity index is 2.11. The number of rotatable bonds is 3. The van der Waals surface area contributed by atoms with Gasteiger partial charge in [-0.15, -0.1) is 0 Å². The van der Waals surface area contributed by atoms with Crippen molar-refractivity contribution >= 4 is 11.9 Å². The van der Waals surface area contributed by atoms with Gasteiger partial charge >= 0.3 is 11.9 Å². The minimum Gasteiger partial charge on any atom is -0.494 e. The molecule has 1 aromatic carbocycles. The van der Waals surface area contributed by atoms with Gasteiger partial charge in [-0.3, -0.25) is 9.59 Å². The lowest BCUT2D eigenvalue weighted by Gasteiger charge is -2.19. The lowest BCUT2D eigenvalue weighted by Crippen LogP contribution is -2.26. The van der Waals surface area contributed by atoms with E-state index in [-0.39, 0.29) is 5.92 Å². The molecule has 1 heterocycles. The summed E-state index contributed by atoms with van der Waals surface area (Å²) in [5.74, 6) is -0.442. The SMILES string of the molecule is CCOc1ccc(C2CCC(=O)OC2=O)cc1. The summed E-state index contributed by atoms with van der Waals surface area (Å²) < 4.78 is 9.94. The molecule has 1 fully saturated rings. The molecule has 0 bridgehead atoms. The number of carbonyl (C=O) groups is 2. The van der Waals surface area contributed by atoms with Crippen molar-refractivity contribution in [2.45, 2.75) is 25.7 Å². The summed E-state index contributed by atoms with van der Waals surface area (Å²) >= 11 is 0. The van der Waals surface area contributed by atoms with Gasteiger partial charge in [0.1, 0.15) is 5.75 Å². The van der Waals surface area contributed by atoms with Crippen molar-refractivity contribution in [2.24, 2.45) is 0 Å². The second kappa shape index (κ2) is 4.99. The zero-order valence-corrected chi connectivity index (χ0v) is 9.64. The average molecular weight is 234 g/mol. The fourth-order valence-electron chi connectivity index (χ4n) is 1.88. The fraction of sp³-hybridized carbons (Fsp3) is 0.385. The van der Waals surface area contributed by atoms with Crippen molar-refractivity contribution in [2.75, 3.05) is 6.61 Å². The maximum absolute atomic E-state index is 11.5. The monoisotopic (exact) mass is 234 g/mol. The van der Waals surface area contributed by atoms with E-state index < -0.39 is 11.9 Å². The Hall–Kier alpha value is -1.84. The second-order valence-corrected chi connectivity index (χ2v) is 3.89. The van der Waals surface area contributed by atoms with E-state index in [0.29, 0.717) is 19.4 Å².